The number of hydrogen-bond donors (Lipinski definition) is 2. The molecular formula is C14H21NO3. The molecule has 0 spiro atoms. The maximum atomic E-state index is 10.1. The highest BCUT2D eigenvalue weighted by Crippen LogP contribution is 2.34. The van der Waals surface area contributed by atoms with Crippen LogP contribution in [0.5, 0.6) is 11.5 Å². The summed E-state index contributed by atoms with van der Waals surface area (Å²) in [5.41, 5.74) is 0.859. The Kier molecular flexibility index (Phi) is 4.44. The van der Waals surface area contributed by atoms with E-state index in [4.69, 9.17) is 9.47 Å². The number of benzene rings is 1. The molecule has 0 fully saturated rings. The number of aliphatic hydroxyl groups excluding tert-OH is 1. The average molecular weight is 251 g/mol. The second kappa shape index (κ2) is 6.07. The second-order valence-corrected chi connectivity index (χ2v) is 4.55. The number of fused-ring (bicyclic) bond motifs is 1. The van der Waals surface area contributed by atoms with Crippen molar-refractivity contribution in [2.45, 2.75) is 38.8 Å². The smallest absolute Gasteiger partial charge is 0.231 e. The van der Waals surface area contributed by atoms with Gasteiger partial charge in [-0.1, -0.05) is 19.9 Å². The summed E-state index contributed by atoms with van der Waals surface area (Å²) in [6.45, 7) is 5.12. The lowest BCUT2D eigenvalue weighted by Crippen LogP contribution is -2.31. The van der Waals surface area contributed by atoms with E-state index in [1.165, 1.54) is 0 Å². The van der Waals surface area contributed by atoms with Crippen LogP contribution in [0, 0.1) is 0 Å². The van der Waals surface area contributed by atoms with Gasteiger partial charge in [0.15, 0.2) is 11.5 Å². The molecule has 0 saturated heterocycles. The summed E-state index contributed by atoms with van der Waals surface area (Å²) in [5, 5.41) is 13.5. The Balaban J connectivity index is 1.94. The minimum absolute atomic E-state index is 0.265. The monoisotopic (exact) mass is 251 g/mol. The van der Waals surface area contributed by atoms with Crippen LogP contribution in [-0.2, 0) is 0 Å². The van der Waals surface area contributed by atoms with Gasteiger partial charge >= 0.3 is 0 Å². The minimum atomic E-state index is -0.514. The third kappa shape index (κ3) is 2.94. The molecule has 1 aromatic rings. The first-order chi connectivity index (χ1) is 8.74. The van der Waals surface area contributed by atoms with Crippen molar-refractivity contribution in [1.82, 2.24) is 5.32 Å². The van der Waals surface area contributed by atoms with E-state index in [-0.39, 0.29) is 6.79 Å². The highest BCUT2D eigenvalue weighted by Gasteiger charge is 2.17. The molecule has 1 aromatic carbocycles. The van der Waals surface area contributed by atoms with E-state index in [2.05, 4.69) is 19.2 Å². The van der Waals surface area contributed by atoms with Crippen LogP contribution in [0.15, 0.2) is 18.2 Å². The Morgan fingerprint density at radius 1 is 1.22 bits per heavy atom. The van der Waals surface area contributed by atoms with E-state index in [0.29, 0.717) is 18.3 Å². The van der Waals surface area contributed by atoms with Gasteiger partial charge in [-0.3, -0.25) is 0 Å². The molecule has 0 bridgehead atoms. The SMILES string of the molecule is CCC(CC)NCC(O)c1ccc2c(c1)OCO2. The molecule has 0 aromatic heterocycles. The van der Waals surface area contributed by atoms with Crippen molar-refractivity contribution in [3.63, 3.8) is 0 Å². The van der Waals surface area contributed by atoms with Crippen molar-refractivity contribution < 1.29 is 14.6 Å². The van der Waals surface area contributed by atoms with Crippen LogP contribution in [0.3, 0.4) is 0 Å². The molecule has 2 rings (SSSR count). The number of hydrogen-bond acceptors (Lipinski definition) is 4. The van der Waals surface area contributed by atoms with Crippen LogP contribution >= 0.6 is 0 Å². The summed E-state index contributed by atoms with van der Waals surface area (Å²) in [6.07, 6.45) is 1.63. The molecule has 100 valence electrons. The largest absolute Gasteiger partial charge is 0.454 e. The first kappa shape index (κ1) is 13.2. The fourth-order valence-electron chi connectivity index (χ4n) is 2.09. The zero-order chi connectivity index (χ0) is 13.0. The highest BCUT2D eigenvalue weighted by atomic mass is 16.7. The van der Waals surface area contributed by atoms with Crippen molar-refractivity contribution in [3.8, 4) is 11.5 Å². The third-order valence-corrected chi connectivity index (χ3v) is 3.37. The first-order valence-electron chi connectivity index (χ1n) is 6.55. The molecule has 1 aliphatic heterocycles. The van der Waals surface area contributed by atoms with E-state index in [9.17, 15) is 5.11 Å². The first-order valence-corrected chi connectivity index (χ1v) is 6.55. The van der Waals surface area contributed by atoms with Gasteiger partial charge in [0, 0.05) is 12.6 Å². The fraction of sp³-hybridized carbons (Fsp3) is 0.571. The Morgan fingerprint density at radius 3 is 2.67 bits per heavy atom. The van der Waals surface area contributed by atoms with Crippen molar-refractivity contribution >= 4 is 0 Å². The van der Waals surface area contributed by atoms with E-state index < -0.39 is 6.10 Å². The van der Waals surface area contributed by atoms with E-state index in [1.54, 1.807) is 0 Å². The van der Waals surface area contributed by atoms with Crippen LogP contribution in [-0.4, -0.2) is 24.5 Å². The maximum Gasteiger partial charge on any atom is 0.231 e. The molecule has 2 N–H and O–H groups in total. The van der Waals surface area contributed by atoms with E-state index in [1.807, 2.05) is 18.2 Å². The Bertz CT molecular complexity index is 391. The fourth-order valence-corrected chi connectivity index (χ4v) is 2.09. The summed E-state index contributed by atoms with van der Waals surface area (Å²) in [6, 6.07) is 6.04. The van der Waals surface area contributed by atoms with Gasteiger partial charge in [0.1, 0.15) is 0 Å². The standard InChI is InChI=1S/C14H21NO3/c1-3-11(4-2)15-8-12(16)10-5-6-13-14(7-10)18-9-17-13/h5-7,11-12,15-16H,3-4,8-9H2,1-2H3. The Labute approximate surface area is 108 Å². The van der Waals surface area contributed by atoms with E-state index in [0.717, 1.165) is 24.2 Å². The molecule has 0 saturated carbocycles. The van der Waals surface area contributed by atoms with Gasteiger partial charge in [-0.05, 0) is 30.5 Å². The minimum Gasteiger partial charge on any atom is -0.454 e. The lowest BCUT2D eigenvalue weighted by atomic mass is 10.1. The van der Waals surface area contributed by atoms with Crippen molar-refractivity contribution in [2.75, 3.05) is 13.3 Å². The summed E-state index contributed by atoms with van der Waals surface area (Å²) < 4.78 is 10.6. The van der Waals surface area contributed by atoms with Gasteiger partial charge in [-0.15, -0.1) is 0 Å². The number of rotatable bonds is 6. The topological polar surface area (TPSA) is 50.7 Å². The lowest BCUT2D eigenvalue weighted by Gasteiger charge is -2.18. The second-order valence-electron chi connectivity index (χ2n) is 4.55. The molecule has 1 unspecified atom stereocenters. The van der Waals surface area contributed by atoms with Crippen LogP contribution in [0.4, 0.5) is 0 Å². The highest BCUT2D eigenvalue weighted by molar-refractivity contribution is 5.45. The van der Waals surface area contributed by atoms with Gasteiger partial charge in [0.25, 0.3) is 0 Å². The Hall–Kier alpha value is -1.26. The molecule has 1 atom stereocenters. The van der Waals surface area contributed by atoms with E-state index >= 15 is 0 Å². The molecular weight excluding hydrogens is 230 g/mol. The molecule has 18 heavy (non-hydrogen) atoms. The van der Waals surface area contributed by atoms with Crippen LogP contribution in [0.2, 0.25) is 0 Å². The van der Waals surface area contributed by atoms with Crippen LogP contribution < -0.4 is 14.8 Å². The molecule has 4 nitrogen and oxygen atoms in total. The lowest BCUT2D eigenvalue weighted by molar-refractivity contribution is 0.166. The molecule has 0 radical (unpaired) electrons. The number of nitrogens with one attached hydrogen (secondary N) is 1. The maximum absolute atomic E-state index is 10.1. The zero-order valence-electron chi connectivity index (χ0n) is 11.0. The van der Waals surface area contributed by atoms with Gasteiger partial charge in [0.2, 0.25) is 6.79 Å². The molecule has 1 heterocycles. The van der Waals surface area contributed by atoms with Crippen LogP contribution in [0.1, 0.15) is 38.4 Å². The molecule has 4 heteroatoms. The van der Waals surface area contributed by atoms with Gasteiger partial charge in [-0.25, -0.2) is 0 Å². The van der Waals surface area contributed by atoms with Crippen molar-refractivity contribution in [2.24, 2.45) is 0 Å². The third-order valence-electron chi connectivity index (χ3n) is 3.37. The Morgan fingerprint density at radius 2 is 1.94 bits per heavy atom. The summed E-state index contributed by atoms with van der Waals surface area (Å²) >= 11 is 0. The summed E-state index contributed by atoms with van der Waals surface area (Å²) in [5.74, 6) is 1.47. The number of aliphatic hydroxyl groups is 1. The van der Waals surface area contributed by atoms with Crippen molar-refractivity contribution in [3.05, 3.63) is 23.8 Å². The zero-order valence-corrected chi connectivity index (χ0v) is 11.0. The molecule has 0 amide bonds. The van der Waals surface area contributed by atoms with Gasteiger partial charge in [0.05, 0.1) is 6.10 Å². The number of ether oxygens (including phenoxy) is 2. The summed E-state index contributed by atoms with van der Waals surface area (Å²) in [4.78, 5) is 0. The quantitative estimate of drug-likeness (QED) is 0.814. The average Bonchev–Trinajstić information content (AvgIpc) is 2.86. The predicted molar refractivity (Wildman–Crippen MR) is 69.9 cm³/mol. The van der Waals surface area contributed by atoms with Crippen molar-refractivity contribution in [1.29, 1.82) is 0 Å². The summed E-state index contributed by atoms with van der Waals surface area (Å²) in [7, 11) is 0. The van der Waals surface area contributed by atoms with Gasteiger partial charge in [-0.2, -0.15) is 0 Å². The molecule has 0 aliphatic carbocycles. The van der Waals surface area contributed by atoms with Crippen LogP contribution in [0.25, 0.3) is 0 Å². The van der Waals surface area contributed by atoms with Gasteiger partial charge < -0.3 is 19.9 Å². The predicted octanol–water partition coefficient (Wildman–Crippen LogP) is 2.23. The normalized spacial score (nSPS) is 15.1. The molecule has 1 aliphatic rings.